The zero-order chi connectivity index (χ0) is 12.5. The van der Waals surface area contributed by atoms with E-state index in [2.05, 4.69) is 22.6 Å². The molecule has 0 spiro atoms. The van der Waals surface area contributed by atoms with Crippen molar-refractivity contribution >= 4 is 34.7 Å². The van der Waals surface area contributed by atoms with Gasteiger partial charge < -0.3 is 0 Å². The first-order valence-electron chi connectivity index (χ1n) is 4.69. The fourth-order valence-electron chi connectivity index (χ4n) is 1.15. The van der Waals surface area contributed by atoms with Gasteiger partial charge in [-0.15, -0.1) is 0 Å². The summed E-state index contributed by atoms with van der Waals surface area (Å²) >= 11 is 1.67. The van der Waals surface area contributed by atoms with Crippen LogP contribution in [0, 0.1) is 0 Å². The third-order valence-electron chi connectivity index (χ3n) is 1.70. The van der Waals surface area contributed by atoms with Gasteiger partial charge in [0, 0.05) is 0 Å². The van der Waals surface area contributed by atoms with E-state index in [0.29, 0.717) is 6.54 Å². The molecule has 1 heterocycles. The SMILES string of the molecule is CC(C)(C)OC(=O)N1CC(I)[I-][C@H]1C(=O)O. The number of hydrogen-bond acceptors (Lipinski definition) is 3. The fourth-order valence-corrected chi connectivity index (χ4v) is 5.85. The Labute approximate surface area is 118 Å². The zero-order valence-corrected chi connectivity index (χ0v) is 13.6. The van der Waals surface area contributed by atoms with E-state index in [1.54, 1.807) is 20.8 Å². The van der Waals surface area contributed by atoms with Crippen LogP contribution in [0.2, 0.25) is 0 Å². The molecule has 1 aliphatic heterocycles. The van der Waals surface area contributed by atoms with Crippen LogP contribution < -0.4 is 21.2 Å². The van der Waals surface area contributed by atoms with E-state index in [-0.39, 0.29) is 1.93 Å². The molecule has 0 aromatic carbocycles. The average Bonchev–Trinajstić information content (AvgIpc) is 2.44. The number of rotatable bonds is 1. The summed E-state index contributed by atoms with van der Waals surface area (Å²) in [6.07, 6.45) is -0.515. The molecule has 0 aromatic rings. The van der Waals surface area contributed by atoms with Gasteiger partial charge in [-0.25, -0.2) is 0 Å². The number of amides is 1. The van der Waals surface area contributed by atoms with Crippen LogP contribution in [0.5, 0.6) is 0 Å². The first-order valence-corrected chi connectivity index (χ1v) is 8.43. The van der Waals surface area contributed by atoms with Crippen molar-refractivity contribution in [2.75, 3.05) is 6.54 Å². The van der Waals surface area contributed by atoms with Gasteiger partial charge in [-0.3, -0.25) is 0 Å². The van der Waals surface area contributed by atoms with Gasteiger partial charge in [-0.2, -0.15) is 0 Å². The number of hydrogen-bond donors (Lipinski definition) is 1. The Kier molecular flexibility index (Phi) is 4.66. The molecule has 1 saturated heterocycles. The Morgan fingerprint density at radius 3 is 2.50 bits per heavy atom. The first-order chi connectivity index (χ1) is 7.20. The Bertz CT molecular complexity index is 302. The van der Waals surface area contributed by atoms with Crippen LogP contribution in [-0.4, -0.2) is 40.2 Å². The molecule has 1 N–H and O–H groups in total. The third kappa shape index (κ3) is 3.90. The van der Waals surface area contributed by atoms with Gasteiger partial charge in [0.25, 0.3) is 0 Å². The van der Waals surface area contributed by atoms with Crippen molar-refractivity contribution in [3.8, 4) is 0 Å². The molecule has 7 heteroatoms. The third-order valence-corrected chi connectivity index (χ3v) is 6.97. The molecular formula is C9H14I2NO4-. The topological polar surface area (TPSA) is 66.8 Å². The van der Waals surface area contributed by atoms with Crippen LogP contribution >= 0.6 is 22.6 Å². The summed E-state index contributed by atoms with van der Waals surface area (Å²) in [6.45, 7) is 5.80. The van der Waals surface area contributed by atoms with E-state index in [1.807, 2.05) is 0 Å². The van der Waals surface area contributed by atoms with E-state index < -0.39 is 42.9 Å². The number of alkyl halides is 3. The molecule has 5 nitrogen and oxygen atoms in total. The first kappa shape index (κ1) is 14.3. The van der Waals surface area contributed by atoms with E-state index in [9.17, 15) is 9.59 Å². The number of halogens is 2. The summed E-state index contributed by atoms with van der Waals surface area (Å²) < 4.78 is 4.83. The minimum absolute atomic E-state index is 0.282. The number of nitrogens with zero attached hydrogens (tertiary/aromatic N) is 1. The summed E-state index contributed by atoms with van der Waals surface area (Å²) in [5, 5.41) is 9.02. The van der Waals surface area contributed by atoms with Gasteiger partial charge in [0.1, 0.15) is 0 Å². The second-order valence-electron chi connectivity index (χ2n) is 4.32. The van der Waals surface area contributed by atoms with Gasteiger partial charge in [0.05, 0.1) is 0 Å². The van der Waals surface area contributed by atoms with Gasteiger partial charge in [-0.1, -0.05) is 0 Å². The molecule has 0 aliphatic carbocycles. The van der Waals surface area contributed by atoms with Crippen LogP contribution in [0.1, 0.15) is 20.8 Å². The standard InChI is InChI=1S/C9H14I2NO4/c1-9(2,3)16-8(15)12-4-5(10)11-6(12)7(13)14/h5-6H,4H2,1-3H3,(H,13,14)/q-1/t5?,6-/m1/s1. The summed E-state index contributed by atoms with van der Waals surface area (Å²) in [5.41, 5.74) is -0.582. The van der Waals surface area contributed by atoms with E-state index in [4.69, 9.17) is 9.84 Å². The van der Waals surface area contributed by atoms with Crippen LogP contribution in [0.4, 0.5) is 4.79 Å². The number of carbonyl (C=O) groups is 2. The molecular weight excluding hydrogens is 440 g/mol. The number of aliphatic carboxylic acids is 1. The molecule has 16 heavy (non-hydrogen) atoms. The second-order valence-corrected chi connectivity index (χ2v) is 11.6. The van der Waals surface area contributed by atoms with Crippen LogP contribution in [0.3, 0.4) is 0 Å². The van der Waals surface area contributed by atoms with Crippen LogP contribution in [0.25, 0.3) is 0 Å². The molecule has 1 unspecified atom stereocenters. The van der Waals surface area contributed by atoms with Crippen LogP contribution in [-0.2, 0) is 9.53 Å². The number of carboxylic acid groups (broad SMARTS) is 1. The van der Waals surface area contributed by atoms with Crippen molar-refractivity contribution in [1.29, 1.82) is 0 Å². The Morgan fingerprint density at radius 1 is 1.50 bits per heavy atom. The minimum atomic E-state index is -0.919. The second kappa shape index (κ2) is 5.23. The van der Waals surface area contributed by atoms with Crippen molar-refractivity contribution < 1.29 is 40.6 Å². The zero-order valence-electron chi connectivity index (χ0n) is 9.24. The molecule has 0 aromatic heterocycles. The summed E-state index contributed by atoms with van der Waals surface area (Å²) in [6, 6.07) is 0. The van der Waals surface area contributed by atoms with Crippen molar-refractivity contribution in [3.63, 3.8) is 0 Å². The van der Waals surface area contributed by atoms with Gasteiger partial charge in [0.2, 0.25) is 0 Å². The molecule has 2 atom stereocenters. The average molecular weight is 454 g/mol. The van der Waals surface area contributed by atoms with Crippen molar-refractivity contribution in [3.05, 3.63) is 0 Å². The van der Waals surface area contributed by atoms with E-state index in [0.717, 1.165) is 0 Å². The summed E-state index contributed by atoms with van der Waals surface area (Å²) in [5.74, 6) is -0.919. The van der Waals surface area contributed by atoms with Crippen molar-refractivity contribution in [2.24, 2.45) is 0 Å². The monoisotopic (exact) mass is 454 g/mol. The number of ether oxygens (including phenoxy) is 1. The summed E-state index contributed by atoms with van der Waals surface area (Å²) in [7, 11) is 0. The molecule has 94 valence electrons. The molecule has 1 rings (SSSR count). The summed E-state index contributed by atoms with van der Waals surface area (Å²) in [4.78, 5) is 24.1. The van der Waals surface area contributed by atoms with Gasteiger partial charge in [0.15, 0.2) is 0 Å². The molecule has 0 saturated carbocycles. The molecule has 0 bridgehead atoms. The Hall–Kier alpha value is 0.200. The van der Waals surface area contributed by atoms with E-state index >= 15 is 0 Å². The van der Waals surface area contributed by atoms with Crippen molar-refractivity contribution in [2.45, 2.75) is 32.4 Å². The molecule has 1 aliphatic rings. The number of carboxylic acids is 1. The quantitative estimate of drug-likeness (QED) is 0.298. The maximum atomic E-state index is 11.8. The van der Waals surface area contributed by atoms with Gasteiger partial charge in [-0.05, 0) is 0 Å². The van der Waals surface area contributed by atoms with Crippen molar-refractivity contribution in [1.82, 2.24) is 4.90 Å². The van der Waals surface area contributed by atoms with Gasteiger partial charge >= 0.3 is 119 Å². The fraction of sp³-hybridized carbons (Fsp3) is 0.778. The number of carbonyl (C=O) groups excluding carboxylic acids is 1. The predicted molar refractivity (Wildman–Crippen MR) is 62.2 cm³/mol. The normalized spacial score (nSPS) is 26.1. The van der Waals surface area contributed by atoms with E-state index in [1.165, 1.54) is 4.90 Å². The molecule has 1 amide bonds. The maximum absolute atomic E-state index is 11.8. The Morgan fingerprint density at radius 2 is 2.06 bits per heavy atom. The molecule has 0 radical (unpaired) electrons. The Balaban J connectivity index is 2.71. The predicted octanol–water partition coefficient (Wildman–Crippen LogP) is -1.50. The molecule has 1 fully saturated rings. The van der Waals surface area contributed by atoms with Crippen LogP contribution in [0.15, 0.2) is 0 Å².